The second-order valence-corrected chi connectivity index (χ2v) is 5.04. The first-order valence-corrected chi connectivity index (χ1v) is 6.45. The summed E-state index contributed by atoms with van der Waals surface area (Å²) in [6, 6.07) is 8.82. The topological polar surface area (TPSA) is 28.7 Å². The molecule has 2 rings (SSSR count). The quantitative estimate of drug-likeness (QED) is 0.812. The van der Waals surface area contributed by atoms with E-state index in [-0.39, 0.29) is 0 Å². The Morgan fingerprint density at radius 2 is 2.00 bits per heavy atom. The lowest BCUT2D eigenvalue weighted by molar-refractivity contribution is 0.866. The van der Waals surface area contributed by atoms with Crippen LogP contribution in [-0.4, -0.2) is 9.97 Å². The van der Waals surface area contributed by atoms with Gasteiger partial charge in [-0.2, -0.15) is 0 Å². The second-order valence-electron chi connectivity index (χ2n) is 4.08. The van der Waals surface area contributed by atoms with Gasteiger partial charge < -0.3 is 4.98 Å². The predicted octanol–water partition coefficient (Wildman–Crippen LogP) is 3.83. The molecule has 0 aliphatic rings. The van der Waals surface area contributed by atoms with Gasteiger partial charge in [-0.1, -0.05) is 49.9 Å². The third kappa shape index (κ3) is 2.89. The van der Waals surface area contributed by atoms with Crippen LogP contribution in [0.25, 0.3) is 0 Å². The molecule has 1 aromatic heterocycles. The highest BCUT2D eigenvalue weighted by Crippen LogP contribution is 2.20. The Morgan fingerprint density at radius 3 is 2.56 bits per heavy atom. The van der Waals surface area contributed by atoms with Crippen molar-refractivity contribution in [2.45, 2.75) is 30.7 Å². The number of rotatable bonds is 4. The molecule has 0 unspecified atom stereocenters. The van der Waals surface area contributed by atoms with E-state index in [1.165, 1.54) is 11.1 Å². The van der Waals surface area contributed by atoms with Crippen molar-refractivity contribution in [2.24, 2.45) is 0 Å². The maximum Gasteiger partial charge on any atom is 0.165 e. The summed E-state index contributed by atoms with van der Waals surface area (Å²) < 4.78 is 0. The molecule has 0 bridgehead atoms. The minimum absolute atomic E-state index is 0.603. The Morgan fingerprint density at radius 1 is 1.25 bits per heavy atom. The van der Waals surface area contributed by atoms with E-state index < -0.39 is 0 Å². The molecule has 0 atom stereocenters. The van der Waals surface area contributed by atoms with Crippen molar-refractivity contribution in [3.05, 3.63) is 47.8 Å². The van der Waals surface area contributed by atoms with Crippen LogP contribution in [0.4, 0.5) is 0 Å². The second kappa shape index (κ2) is 5.21. The Balaban J connectivity index is 1.95. The normalized spacial score (nSPS) is 10.9. The summed E-state index contributed by atoms with van der Waals surface area (Å²) in [6.07, 6.45) is 3.63. The SMILES string of the molecule is CC(C)c1ccc(CSc2ncc[nH]2)cc1. The maximum atomic E-state index is 4.18. The molecule has 2 nitrogen and oxygen atoms in total. The predicted molar refractivity (Wildman–Crippen MR) is 68.7 cm³/mol. The zero-order valence-corrected chi connectivity index (χ0v) is 10.4. The fourth-order valence-corrected chi connectivity index (χ4v) is 2.26. The maximum absolute atomic E-state index is 4.18. The number of nitrogens with one attached hydrogen (secondary N) is 1. The average Bonchev–Trinajstić information content (AvgIpc) is 2.80. The molecule has 2 aromatic rings. The van der Waals surface area contributed by atoms with Crippen LogP contribution in [-0.2, 0) is 5.75 Å². The van der Waals surface area contributed by atoms with Gasteiger partial charge in [0.2, 0.25) is 0 Å². The van der Waals surface area contributed by atoms with Crippen molar-refractivity contribution in [3.63, 3.8) is 0 Å². The van der Waals surface area contributed by atoms with Gasteiger partial charge in [-0.25, -0.2) is 4.98 Å². The number of nitrogens with zero attached hydrogens (tertiary/aromatic N) is 1. The molecule has 1 aromatic carbocycles. The largest absolute Gasteiger partial charge is 0.340 e. The fourth-order valence-electron chi connectivity index (χ4n) is 1.48. The molecule has 0 saturated carbocycles. The molecular weight excluding hydrogens is 216 g/mol. The van der Waals surface area contributed by atoms with E-state index in [1.807, 2.05) is 6.20 Å². The molecule has 3 heteroatoms. The van der Waals surface area contributed by atoms with Gasteiger partial charge in [0.15, 0.2) is 5.16 Å². The summed E-state index contributed by atoms with van der Waals surface area (Å²) >= 11 is 1.73. The minimum atomic E-state index is 0.603. The molecule has 0 spiro atoms. The van der Waals surface area contributed by atoms with Crippen molar-refractivity contribution in [1.29, 1.82) is 0 Å². The van der Waals surface area contributed by atoms with Crippen molar-refractivity contribution in [1.82, 2.24) is 9.97 Å². The molecule has 0 fully saturated rings. The number of imidazole rings is 1. The fraction of sp³-hybridized carbons (Fsp3) is 0.308. The van der Waals surface area contributed by atoms with Crippen LogP contribution in [0, 0.1) is 0 Å². The number of aromatic amines is 1. The Kier molecular flexibility index (Phi) is 3.67. The molecule has 16 heavy (non-hydrogen) atoms. The van der Waals surface area contributed by atoms with E-state index in [0.29, 0.717) is 5.92 Å². The smallest absolute Gasteiger partial charge is 0.165 e. The molecular formula is C13H16N2S. The molecule has 84 valence electrons. The van der Waals surface area contributed by atoms with Gasteiger partial charge in [-0.05, 0) is 17.0 Å². The Labute approximate surface area is 101 Å². The molecule has 0 aliphatic carbocycles. The zero-order valence-electron chi connectivity index (χ0n) is 9.60. The summed E-state index contributed by atoms with van der Waals surface area (Å²) in [4.78, 5) is 7.27. The van der Waals surface area contributed by atoms with Gasteiger partial charge in [0.05, 0.1) is 0 Å². The first-order chi connectivity index (χ1) is 7.75. The van der Waals surface area contributed by atoms with Crippen LogP contribution >= 0.6 is 11.8 Å². The van der Waals surface area contributed by atoms with E-state index in [0.717, 1.165) is 10.9 Å². The molecule has 0 radical (unpaired) electrons. The average molecular weight is 232 g/mol. The zero-order chi connectivity index (χ0) is 11.4. The van der Waals surface area contributed by atoms with Crippen molar-refractivity contribution < 1.29 is 0 Å². The number of thioether (sulfide) groups is 1. The lowest BCUT2D eigenvalue weighted by atomic mass is 10.0. The summed E-state index contributed by atoms with van der Waals surface area (Å²) in [5.41, 5.74) is 2.73. The Hall–Kier alpha value is -1.22. The third-order valence-electron chi connectivity index (χ3n) is 2.50. The van der Waals surface area contributed by atoms with E-state index in [9.17, 15) is 0 Å². The Bertz CT molecular complexity index is 418. The number of H-pyrrole nitrogens is 1. The van der Waals surface area contributed by atoms with E-state index in [4.69, 9.17) is 0 Å². The van der Waals surface area contributed by atoms with Crippen LogP contribution in [0.15, 0.2) is 41.8 Å². The van der Waals surface area contributed by atoms with Crippen molar-refractivity contribution in [3.8, 4) is 0 Å². The van der Waals surface area contributed by atoms with Gasteiger partial charge in [0.1, 0.15) is 0 Å². The molecule has 0 aliphatic heterocycles. The first kappa shape index (κ1) is 11.3. The van der Waals surface area contributed by atoms with Crippen LogP contribution in [0.5, 0.6) is 0 Å². The standard InChI is InChI=1S/C13H16N2S/c1-10(2)12-5-3-11(4-6-12)9-16-13-14-7-8-15-13/h3-8,10H,9H2,1-2H3,(H,14,15). The van der Waals surface area contributed by atoms with E-state index in [1.54, 1.807) is 18.0 Å². The molecule has 0 amide bonds. The van der Waals surface area contributed by atoms with Crippen molar-refractivity contribution >= 4 is 11.8 Å². The lowest BCUT2D eigenvalue weighted by Crippen LogP contribution is -1.88. The monoisotopic (exact) mass is 232 g/mol. The summed E-state index contributed by atoms with van der Waals surface area (Å²) in [6.45, 7) is 4.43. The highest BCUT2D eigenvalue weighted by Gasteiger charge is 2.00. The summed E-state index contributed by atoms with van der Waals surface area (Å²) in [7, 11) is 0. The summed E-state index contributed by atoms with van der Waals surface area (Å²) in [5, 5.41) is 0.980. The van der Waals surface area contributed by atoms with E-state index >= 15 is 0 Å². The van der Waals surface area contributed by atoms with Crippen LogP contribution < -0.4 is 0 Å². The minimum Gasteiger partial charge on any atom is -0.340 e. The van der Waals surface area contributed by atoms with Crippen LogP contribution in [0.3, 0.4) is 0 Å². The number of aromatic nitrogens is 2. The summed E-state index contributed by atoms with van der Waals surface area (Å²) in [5.74, 6) is 1.57. The van der Waals surface area contributed by atoms with Gasteiger partial charge in [-0.3, -0.25) is 0 Å². The van der Waals surface area contributed by atoms with Gasteiger partial charge >= 0.3 is 0 Å². The number of benzene rings is 1. The number of hydrogen-bond donors (Lipinski definition) is 1. The highest BCUT2D eigenvalue weighted by atomic mass is 32.2. The first-order valence-electron chi connectivity index (χ1n) is 5.46. The van der Waals surface area contributed by atoms with Crippen LogP contribution in [0.2, 0.25) is 0 Å². The van der Waals surface area contributed by atoms with Gasteiger partial charge in [0, 0.05) is 18.1 Å². The lowest BCUT2D eigenvalue weighted by Gasteiger charge is -2.06. The van der Waals surface area contributed by atoms with Crippen LogP contribution in [0.1, 0.15) is 30.9 Å². The van der Waals surface area contributed by atoms with Gasteiger partial charge in [-0.15, -0.1) is 0 Å². The van der Waals surface area contributed by atoms with Gasteiger partial charge in [0.25, 0.3) is 0 Å². The molecule has 1 heterocycles. The number of hydrogen-bond acceptors (Lipinski definition) is 2. The van der Waals surface area contributed by atoms with Crippen molar-refractivity contribution in [2.75, 3.05) is 0 Å². The highest BCUT2D eigenvalue weighted by molar-refractivity contribution is 7.98. The van der Waals surface area contributed by atoms with E-state index in [2.05, 4.69) is 48.1 Å². The molecule has 1 N–H and O–H groups in total. The molecule has 0 saturated heterocycles. The third-order valence-corrected chi connectivity index (χ3v) is 3.47.